The van der Waals surface area contributed by atoms with Gasteiger partial charge in [0.25, 0.3) is 0 Å². The second-order valence-electron chi connectivity index (χ2n) is 9.77. The number of benzene rings is 5. The van der Waals surface area contributed by atoms with Crippen molar-refractivity contribution >= 4 is 60.8 Å². The van der Waals surface area contributed by atoms with Crippen LogP contribution in [0.2, 0.25) is 0 Å². The van der Waals surface area contributed by atoms with Crippen LogP contribution in [0.3, 0.4) is 0 Å². The fraction of sp³-hybridized carbons (Fsp3) is 0. The molecular formula is C33H19N5O. The quantitative estimate of drug-likeness (QED) is 0.241. The van der Waals surface area contributed by atoms with Crippen LogP contribution in [0, 0.1) is 0 Å². The standard InChI is InChI=1S/C33H19N5O/c1-6-15-30-22(8-1)23-10-7-9-21(32(23)39-30)20-16-17-28-29(18-20)37-27-14-5-4-13-26(27)36-33(37)38(28)31-19-34-24-11-2-3-12-25(24)35-31/h1-19H. The zero-order valence-corrected chi connectivity index (χ0v) is 20.6. The molecule has 6 nitrogen and oxygen atoms in total. The lowest BCUT2D eigenvalue weighted by Gasteiger charge is -2.07. The first kappa shape index (κ1) is 20.6. The van der Waals surface area contributed by atoms with E-state index in [9.17, 15) is 0 Å². The molecule has 0 aliphatic carbocycles. The van der Waals surface area contributed by atoms with Crippen LogP contribution in [0.5, 0.6) is 0 Å². The molecule has 5 aromatic carbocycles. The predicted molar refractivity (Wildman–Crippen MR) is 155 cm³/mol. The van der Waals surface area contributed by atoms with Crippen LogP contribution >= 0.6 is 0 Å². The highest BCUT2D eigenvalue weighted by Crippen LogP contribution is 2.38. The van der Waals surface area contributed by atoms with Gasteiger partial charge in [-0.05, 0) is 48.0 Å². The number of fused-ring (bicyclic) bond motifs is 9. The maximum atomic E-state index is 6.37. The van der Waals surface area contributed by atoms with Crippen molar-refractivity contribution in [3.63, 3.8) is 0 Å². The zero-order valence-electron chi connectivity index (χ0n) is 20.6. The van der Waals surface area contributed by atoms with Crippen LogP contribution < -0.4 is 0 Å². The molecule has 39 heavy (non-hydrogen) atoms. The van der Waals surface area contributed by atoms with Crippen LogP contribution in [0.15, 0.2) is 120 Å². The fourth-order valence-corrected chi connectivity index (χ4v) is 5.82. The largest absolute Gasteiger partial charge is 0.455 e. The lowest BCUT2D eigenvalue weighted by atomic mass is 10.0. The Kier molecular flexibility index (Phi) is 3.96. The third-order valence-electron chi connectivity index (χ3n) is 7.58. The van der Waals surface area contributed by atoms with Gasteiger partial charge in [0.1, 0.15) is 11.2 Å². The molecule has 0 atom stereocenters. The summed E-state index contributed by atoms with van der Waals surface area (Å²) in [6.45, 7) is 0. The molecule has 0 N–H and O–H groups in total. The van der Waals surface area contributed by atoms with E-state index in [1.165, 1.54) is 0 Å². The molecule has 9 aromatic rings. The summed E-state index contributed by atoms with van der Waals surface area (Å²) in [6.07, 6.45) is 1.82. The molecule has 4 aromatic heterocycles. The van der Waals surface area contributed by atoms with Gasteiger partial charge in [0, 0.05) is 16.3 Å². The number of hydrogen-bond acceptors (Lipinski definition) is 4. The third-order valence-corrected chi connectivity index (χ3v) is 7.58. The molecule has 0 saturated heterocycles. The van der Waals surface area contributed by atoms with Crippen LogP contribution in [-0.4, -0.2) is 23.9 Å². The molecule has 0 amide bonds. The van der Waals surface area contributed by atoms with Crippen LogP contribution in [0.25, 0.3) is 77.8 Å². The van der Waals surface area contributed by atoms with E-state index < -0.39 is 0 Å². The van der Waals surface area contributed by atoms with Crippen molar-refractivity contribution in [2.75, 3.05) is 0 Å². The van der Waals surface area contributed by atoms with E-state index in [1.54, 1.807) is 0 Å². The Morgan fingerprint density at radius 1 is 0.590 bits per heavy atom. The van der Waals surface area contributed by atoms with Crippen LogP contribution in [-0.2, 0) is 0 Å². The van der Waals surface area contributed by atoms with E-state index in [4.69, 9.17) is 19.4 Å². The van der Waals surface area contributed by atoms with Gasteiger partial charge in [0.2, 0.25) is 5.78 Å². The van der Waals surface area contributed by atoms with E-state index in [0.717, 1.165) is 77.8 Å². The summed E-state index contributed by atoms with van der Waals surface area (Å²) >= 11 is 0. The van der Waals surface area contributed by atoms with Gasteiger partial charge < -0.3 is 4.42 Å². The number of rotatable bonds is 2. The maximum absolute atomic E-state index is 6.37. The molecule has 182 valence electrons. The van der Waals surface area contributed by atoms with Gasteiger partial charge in [-0.15, -0.1) is 0 Å². The molecule has 4 heterocycles. The minimum Gasteiger partial charge on any atom is -0.455 e. The van der Waals surface area contributed by atoms with Gasteiger partial charge in [-0.25, -0.2) is 9.97 Å². The highest BCUT2D eigenvalue weighted by atomic mass is 16.3. The Morgan fingerprint density at radius 2 is 1.38 bits per heavy atom. The number of nitrogens with zero attached hydrogens (tertiary/aromatic N) is 5. The van der Waals surface area contributed by atoms with Gasteiger partial charge in [-0.3, -0.25) is 14.0 Å². The van der Waals surface area contributed by atoms with Gasteiger partial charge in [0.05, 0.1) is 39.3 Å². The average Bonchev–Trinajstić information content (AvgIpc) is 3.65. The minimum atomic E-state index is 0.733. The van der Waals surface area contributed by atoms with Crippen LogP contribution in [0.4, 0.5) is 0 Å². The fourth-order valence-electron chi connectivity index (χ4n) is 5.82. The number of furan rings is 1. The summed E-state index contributed by atoms with van der Waals surface area (Å²) in [5, 5.41) is 2.24. The molecule has 9 rings (SSSR count). The third kappa shape index (κ3) is 2.82. The van der Waals surface area contributed by atoms with Gasteiger partial charge >= 0.3 is 0 Å². The highest BCUT2D eigenvalue weighted by Gasteiger charge is 2.20. The smallest absolute Gasteiger partial charge is 0.221 e. The Hall–Kier alpha value is -5.49. The van der Waals surface area contributed by atoms with Gasteiger partial charge in [-0.1, -0.05) is 66.7 Å². The lowest BCUT2D eigenvalue weighted by molar-refractivity contribution is 0.670. The molecule has 0 aliphatic heterocycles. The first-order valence-electron chi connectivity index (χ1n) is 12.9. The zero-order chi connectivity index (χ0) is 25.5. The molecule has 0 saturated carbocycles. The molecule has 0 bridgehead atoms. The second kappa shape index (κ2) is 7.52. The summed E-state index contributed by atoms with van der Waals surface area (Å²) in [7, 11) is 0. The molecule has 0 unspecified atom stereocenters. The lowest BCUT2D eigenvalue weighted by Crippen LogP contribution is -2.00. The number of para-hydroxylation sites is 6. The van der Waals surface area contributed by atoms with Crippen molar-refractivity contribution in [3.05, 3.63) is 115 Å². The summed E-state index contributed by atoms with van der Waals surface area (Å²) in [6, 6.07) is 37.2. The van der Waals surface area contributed by atoms with Crippen molar-refractivity contribution in [1.82, 2.24) is 23.9 Å². The maximum Gasteiger partial charge on any atom is 0.221 e. The monoisotopic (exact) mass is 501 g/mol. The number of hydrogen-bond donors (Lipinski definition) is 0. The molecule has 0 aliphatic rings. The number of imidazole rings is 2. The molecule has 0 fully saturated rings. The Morgan fingerprint density at radius 3 is 2.33 bits per heavy atom. The molecule has 0 radical (unpaired) electrons. The van der Waals surface area contributed by atoms with Crippen molar-refractivity contribution in [3.8, 4) is 16.9 Å². The van der Waals surface area contributed by atoms with E-state index in [2.05, 4.69) is 69.6 Å². The molecule has 6 heteroatoms. The van der Waals surface area contributed by atoms with E-state index >= 15 is 0 Å². The highest BCUT2D eigenvalue weighted by molar-refractivity contribution is 6.10. The number of aromatic nitrogens is 5. The van der Waals surface area contributed by atoms with Crippen LogP contribution in [0.1, 0.15) is 0 Å². The summed E-state index contributed by atoms with van der Waals surface area (Å²) in [5.74, 6) is 1.53. The van der Waals surface area contributed by atoms with Crippen molar-refractivity contribution in [2.45, 2.75) is 0 Å². The summed E-state index contributed by atoms with van der Waals surface area (Å²) < 4.78 is 10.7. The Labute approximate surface area is 221 Å². The Bertz CT molecular complexity index is 2410. The molecule has 0 spiro atoms. The first-order chi connectivity index (χ1) is 19.3. The summed E-state index contributed by atoms with van der Waals surface area (Å²) in [4.78, 5) is 14.7. The van der Waals surface area contributed by atoms with E-state index in [1.807, 2.05) is 54.7 Å². The van der Waals surface area contributed by atoms with Crippen molar-refractivity contribution in [1.29, 1.82) is 0 Å². The van der Waals surface area contributed by atoms with Crippen molar-refractivity contribution in [2.24, 2.45) is 0 Å². The van der Waals surface area contributed by atoms with E-state index in [-0.39, 0.29) is 0 Å². The topological polar surface area (TPSA) is 61.2 Å². The normalized spacial score (nSPS) is 12.1. The summed E-state index contributed by atoms with van der Waals surface area (Å²) in [5.41, 5.74) is 9.66. The van der Waals surface area contributed by atoms with E-state index in [0.29, 0.717) is 0 Å². The Balaban J connectivity index is 1.37. The average molecular weight is 502 g/mol. The first-order valence-corrected chi connectivity index (χ1v) is 12.9. The van der Waals surface area contributed by atoms with Gasteiger partial charge in [0.15, 0.2) is 5.82 Å². The predicted octanol–water partition coefficient (Wildman–Crippen LogP) is 7.94. The molecular weight excluding hydrogens is 482 g/mol. The van der Waals surface area contributed by atoms with Crippen molar-refractivity contribution < 1.29 is 4.42 Å². The van der Waals surface area contributed by atoms with Gasteiger partial charge in [-0.2, -0.15) is 0 Å². The minimum absolute atomic E-state index is 0.733. The second-order valence-corrected chi connectivity index (χ2v) is 9.77. The SMILES string of the molecule is c1ccc2nc(-n3c4ccc(-c5cccc6c5oc5ccccc56)cc4n4c5ccccc5nc34)cnc2c1.